The van der Waals surface area contributed by atoms with Crippen molar-refractivity contribution in [1.29, 1.82) is 0 Å². The number of aromatic nitrogens is 1. The molecule has 1 rings (SSSR count). The van der Waals surface area contributed by atoms with Crippen molar-refractivity contribution in [2.24, 2.45) is 5.41 Å². The first kappa shape index (κ1) is 11.8. The van der Waals surface area contributed by atoms with E-state index in [1.165, 1.54) is 6.39 Å². The second kappa shape index (κ2) is 4.96. The number of rotatable bonds is 4. The van der Waals surface area contributed by atoms with Crippen molar-refractivity contribution in [1.82, 2.24) is 10.3 Å². The molecule has 0 saturated carbocycles. The molecule has 0 spiro atoms. The minimum Gasteiger partial charge on any atom is -0.447 e. The van der Waals surface area contributed by atoms with E-state index >= 15 is 0 Å². The Hall–Kier alpha value is -1.32. The molecular formula is C11H18N2O2. The molecule has 1 N–H and O–H groups in total. The summed E-state index contributed by atoms with van der Waals surface area (Å²) in [5.74, 6) is 0.737. The first-order valence-corrected chi connectivity index (χ1v) is 5.11. The van der Waals surface area contributed by atoms with E-state index in [9.17, 15) is 4.79 Å². The Morgan fingerprint density at radius 2 is 2.27 bits per heavy atom. The predicted octanol–water partition coefficient (Wildman–Crippen LogP) is 2.12. The fraction of sp³-hybridized carbons (Fsp3) is 0.636. The van der Waals surface area contributed by atoms with Gasteiger partial charge in [0.25, 0.3) is 0 Å². The molecule has 0 fully saturated rings. The summed E-state index contributed by atoms with van der Waals surface area (Å²) >= 11 is 0. The fourth-order valence-corrected chi connectivity index (χ4v) is 1.09. The Labute approximate surface area is 90.1 Å². The third-order valence-corrected chi connectivity index (χ3v) is 2.05. The Kier molecular flexibility index (Phi) is 3.88. The van der Waals surface area contributed by atoms with Gasteiger partial charge in [0.2, 0.25) is 5.91 Å². The average molecular weight is 210 g/mol. The standard InChI is InChI=1S/C11H18N2O2/c1-11(2,3)5-4-10(14)13-7-9-6-12-8-15-9/h6,8H,4-5,7H2,1-3H3,(H,13,14). The summed E-state index contributed by atoms with van der Waals surface area (Å²) in [5.41, 5.74) is 0.198. The molecule has 0 aliphatic rings. The fourth-order valence-electron chi connectivity index (χ4n) is 1.09. The third kappa shape index (κ3) is 5.20. The molecule has 0 radical (unpaired) electrons. The van der Waals surface area contributed by atoms with Crippen LogP contribution in [0.4, 0.5) is 0 Å². The van der Waals surface area contributed by atoms with Gasteiger partial charge in [-0.2, -0.15) is 0 Å². The van der Waals surface area contributed by atoms with Crippen LogP contribution in [0, 0.1) is 5.41 Å². The zero-order chi connectivity index (χ0) is 11.3. The monoisotopic (exact) mass is 210 g/mol. The molecule has 84 valence electrons. The molecule has 0 aliphatic heterocycles. The molecule has 1 amide bonds. The molecule has 1 heterocycles. The number of oxazole rings is 1. The average Bonchev–Trinajstić information content (AvgIpc) is 2.62. The maximum absolute atomic E-state index is 11.4. The Balaban J connectivity index is 2.20. The maximum atomic E-state index is 11.4. The lowest BCUT2D eigenvalue weighted by Crippen LogP contribution is -2.23. The number of hydrogen-bond acceptors (Lipinski definition) is 3. The van der Waals surface area contributed by atoms with Gasteiger partial charge in [-0.15, -0.1) is 0 Å². The molecule has 1 aromatic rings. The highest BCUT2D eigenvalue weighted by atomic mass is 16.3. The van der Waals surface area contributed by atoms with Crippen molar-refractivity contribution < 1.29 is 9.21 Å². The molecule has 4 nitrogen and oxygen atoms in total. The van der Waals surface area contributed by atoms with Crippen LogP contribution in [0.5, 0.6) is 0 Å². The van der Waals surface area contributed by atoms with Gasteiger partial charge in [-0.1, -0.05) is 20.8 Å². The smallest absolute Gasteiger partial charge is 0.220 e. The SMILES string of the molecule is CC(C)(C)CCC(=O)NCc1cnco1. The summed E-state index contributed by atoms with van der Waals surface area (Å²) in [6.07, 6.45) is 4.40. The van der Waals surface area contributed by atoms with E-state index < -0.39 is 0 Å². The molecule has 0 bridgehead atoms. The first-order chi connectivity index (χ1) is 6.97. The Morgan fingerprint density at radius 3 is 2.80 bits per heavy atom. The predicted molar refractivity (Wildman–Crippen MR) is 57.0 cm³/mol. The van der Waals surface area contributed by atoms with Crippen LogP contribution in [0.2, 0.25) is 0 Å². The number of nitrogens with one attached hydrogen (secondary N) is 1. The van der Waals surface area contributed by atoms with Gasteiger partial charge in [0.15, 0.2) is 6.39 Å². The van der Waals surface area contributed by atoms with Crippen LogP contribution in [0.25, 0.3) is 0 Å². The van der Waals surface area contributed by atoms with Crippen LogP contribution >= 0.6 is 0 Å². The van der Waals surface area contributed by atoms with Crippen molar-refractivity contribution in [3.63, 3.8) is 0 Å². The van der Waals surface area contributed by atoms with Crippen LogP contribution in [0.3, 0.4) is 0 Å². The maximum Gasteiger partial charge on any atom is 0.220 e. The molecule has 4 heteroatoms. The Bertz CT molecular complexity index is 299. The molecule has 0 unspecified atom stereocenters. The van der Waals surface area contributed by atoms with Crippen molar-refractivity contribution in [3.8, 4) is 0 Å². The van der Waals surface area contributed by atoms with Gasteiger partial charge in [0.05, 0.1) is 12.7 Å². The molecule has 0 aromatic carbocycles. The summed E-state index contributed by atoms with van der Waals surface area (Å²) in [6, 6.07) is 0. The summed E-state index contributed by atoms with van der Waals surface area (Å²) in [6.45, 7) is 6.78. The molecule has 0 atom stereocenters. The van der Waals surface area contributed by atoms with E-state index in [0.29, 0.717) is 18.7 Å². The largest absolute Gasteiger partial charge is 0.447 e. The van der Waals surface area contributed by atoms with Gasteiger partial charge >= 0.3 is 0 Å². The molecule has 0 saturated heterocycles. The van der Waals surface area contributed by atoms with Crippen LogP contribution in [-0.4, -0.2) is 10.9 Å². The summed E-state index contributed by atoms with van der Waals surface area (Å²) < 4.78 is 5.00. The van der Waals surface area contributed by atoms with E-state index in [1.807, 2.05) is 0 Å². The van der Waals surface area contributed by atoms with E-state index in [0.717, 1.165) is 6.42 Å². The van der Waals surface area contributed by atoms with Crippen LogP contribution < -0.4 is 5.32 Å². The number of amides is 1. The number of hydrogen-bond donors (Lipinski definition) is 1. The minimum atomic E-state index is 0.0568. The van der Waals surface area contributed by atoms with Crippen molar-refractivity contribution in [3.05, 3.63) is 18.4 Å². The van der Waals surface area contributed by atoms with Crippen LogP contribution in [0.15, 0.2) is 17.0 Å². The summed E-state index contributed by atoms with van der Waals surface area (Å²) in [4.78, 5) is 15.2. The molecule has 0 aliphatic carbocycles. The van der Waals surface area contributed by atoms with Gasteiger partial charge in [-0.25, -0.2) is 4.98 Å². The third-order valence-electron chi connectivity index (χ3n) is 2.05. The highest BCUT2D eigenvalue weighted by Gasteiger charge is 2.12. The number of carbonyl (C=O) groups excluding carboxylic acids is 1. The second-order valence-electron chi connectivity index (χ2n) is 4.81. The van der Waals surface area contributed by atoms with Gasteiger partial charge < -0.3 is 9.73 Å². The lowest BCUT2D eigenvalue weighted by atomic mass is 9.90. The summed E-state index contributed by atoms with van der Waals surface area (Å²) in [5, 5.41) is 2.78. The first-order valence-electron chi connectivity index (χ1n) is 5.11. The topological polar surface area (TPSA) is 55.1 Å². The van der Waals surface area contributed by atoms with E-state index in [-0.39, 0.29) is 11.3 Å². The van der Waals surface area contributed by atoms with Crippen molar-refractivity contribution in [2.75, 3.05) is 0 Å². The number of nitrogens with zero attached hydrogens (tertiary/aromatic N) is 1. The van der Waals surface area contributed by atoms with Gasteiger partial charge in [0.1, 0.15) is 5.76 Å². The van der Waals surface area contributed by atoms with Crippen molar-refractivity contribution in [2.45, 2.75) is 40.2 Å². The highest BCUT2D eigenvalue weighted by molar-refractivity contribution is 5.75. The van der Waals surface area contributed by atoms with Gasteiger partial charge in [0, 0.05) is 6.42 Å². The van der Waals surface area contributed by atoms with E-state index in [1.54, 1.807) is 6.20 Å². The van der Waals surface area contributed by atoms with Crippen LogP contribution in [0.1, 0.15) is 39.4 Å². The van der Waals surface area contributed by atoms with E-state index in [4.69, 9.17) is 4.42 Å². The van der Waals surface area contributed by atoms with Gasteiger partial charge in [-0.05, 0) is 11.8 Å². The van der Waals surface area contributed by atoms with Crippen molar-refractivity contribution >= 4 is 5.91 Å². The zero-order valence-corrected chi connectivity index (χ0v) is 9.54. The lowest BCUT2D eigenvalue weighted by Gasteiger charge is -2.17. The normalized spacial score (nSPS) is 11.4. The van der Waals surface area contributed by atoms with Crippen LogP contribution in [-0.2, 0) is 11.3 Å². The van der Waals surface area contributed by atoms with Gasteiger partial charge in [-0.3, -0.25) is 4.79 Å². The molecular weight excluding hydrogens is 192 g/mol. The lowest BCUT2D eigenvalue weighted by molar-refractivity contribution is -0.121. The zero-order valence-electron chi connectivity index (χ0n) is 9.54. The minimum absolute atomic E-state index is 0.0568. The highest BCUT2D eigenvalue weighted by Crippen LogP contribution is 2.20. The Morgan fingerprint density at radius 1 is 1.53 bits per heavy atom. The van der Waals surface area contributed by atoms with E-state index in [2.05, 4.69) is 31.1 Å². The number of carbonyl (C=O) groups is 1. The second-order valence-corrected chi connectivity index (χ2v) is 4.81. The summed E-state index contributed by atoms with van der Waals surface area (Å²) in [7, 11) is 0. The quantitative estimate of drug-likeness (QED) is 0.828. The molecule has 1 aromatic heterocycles. The molecule has 15 heavy (non-hydrogen) atoms.